The van der Waals surface area contributed by atoms with Crippen molar-refractivity contribution < 1.29 is 26.6 Å². The van der Waals surface area contributed by atoms with Gasteiger partial charge in [0.05, 0.1) is 5.75 Å². The highest BCUT2D eigenvalue weighted by molar-refractivity contribution is 7.99. The molecule has 4 rings (SSSR count). The number of nitrogens with two attached hydrogens (primary N) is 1. The van der Waals surface area contributed by atoms with Gasteiger partial charge in [-0.3, -0.25) is 9.59 Å². The Kier molecular flexibility index (Phi) is 9.49. The van der Waals surface area contributed by atoms with Gasteiger partial charge in [0.15, 0.2) is 18.2 Å². The maximum Gasteiger partial charge on any atom is 0.290 e. The van der Waals surface area contributed by atoms with E-state index in [1.54, 1.807) is 17.0 Å². The number of nitrogen functional groups attached to an aromatic ring is 1. The molecule has 4 N–H and O–H groups in total. The number of benzene rings is 2. The molecule has 198 valence electrons. The molecule has 0 saturated carbocycles. The number of nitrogens with one attached hydrogen (secondary N) is 2. The summed E-state index contributed by atoms with van der Waals surface area (Å²) in [4.78, 5) is 25.0. The fraction of sp³-hybridized carbons (Fsp3) is 0.222. The van der Waals surface area contributed by atoms with E-state index in [0.29, 0.717) is 11.0 Å². The first-order valence-corrected chi connectivity index (χ1v) is 12.7. The van der Waals surface area contributed by atoms with Gasteiger partial charge < -0.3 is 28.9 Å². The van der Waals surface area contributed by atoms with Crippen LogP contribution in [0.25, 0.3) is 11.4 Å². The topological polar surface area (TPSA) is 119 Å². The molecule has 38 heavy (non-hydrogen) atoms. The summed E-state index contributed by atoms with van der Waals surface area (Å²) < 4.78 is 3.14. The minimum absolute atomic E-state index is 0. The molecule has 0 spiro atoms. The molecule has 0 bridgehead atoms. The second-order valence-electron chi connectivity index (χ2n) is 8.96. The summed E-state index contributed by atoms with van der Waals surface area (Å²) in [6.45, 7) is 8.05. The predicted octanol–water partition coefficient (Wildman–Crippen LogP) is 0.554. The smallest absolute Gasteiger partial charge is 0.290 e. The number of anilines is 2. The van der Waals surface area contributed by atoms with Crippen molar-refractivity contribution >= 4 is 35.0 Å². The van der Waals surface area contributed by atoms with E-state index in [9.17, 15) is 9.59 Å². The highest BCUT2D eigenvalue weighted by Crippen LogP contribution is 2.22. The minimum Gasteiger partial charge on any atom is -1.00 e. The van der Waals surface area contributed by atoms with E-state index in [1.165, 1.54) is 16.4 Å². The third-order valence-electron chi connectivity index (χ3n) is 5.81. The van der Waals surface area contributed by atoms with E-state index in [1.807, 2.05) is 76.2 Å². The van der Waals surface area contributed by atoms with Gasteiger partial charge in [0.2, 0.25) is 17.6 Å². The summed E-state index contributed by atoms with van der Waals surface area (Å²) in [6, 6.07) is 15.5. The number of thioether (sulfide) groups is 1. The number of carbonyl (C=O) groups excluding carboxylic acids is 2. The third-order valence-corrected chi connectivity index (χ3v) is 6.75. The Labute approximate surface area is 232 Å². The van der Waals surface area contributed by atoms with Gasteiger partial charge in [-0.2, -0.15) is 4.57 Å². The van der Waals surface area contributed by atoms with Crippen molar-refractivity contribution in [3.63, 3.8) is 0 Å². The molecule has 0 unspecified atom stereocenters. The van der Waals surface area contributed by atoms with Crippen LogP contribution in [0.1, 0.15) is 22.3 Å². The summed E-state index contributed by atoms with van der Waals surface area (Å²) in [5, 5.41) is 14.6. The van der Waals surface area contributed by atoms with Crippen LogP contribution in [-0.2, 0) is 16.1 Å². The molecule has 2 amide bonds. The number of halogens is 1. The third kappa shape index (κ3) is 7.11. The quantitative estimate of drug-likeness (QED) is 0.167. The number of hydrogen-bond acceptors (Lipinski definition) is 6. The van der Waals surface area contributed by atoms with E-state index < -0.39 is 0 Å². The van der Waals surface area contributed by atoms with Crippen LogP contribution in [0.15, 0.2) is 66.1 Å². The fourth-order valence-corrected chi connectivity index (χ4v) is 4.35. The number of rotatable bonds is 8. The normalized spacial score (nSPS) is 10.5. The molecular formula is C27H30ClN7O2S. The number of pyridine rings is 1. The van der Waals surface area contributed by atoms with Gasteiger partial charge in [0, 0.05) is 29.1 Å². The number of hydrogen-bond donors (Lipinski definition) is 3. The summed E-state index contributed by atoms with van der Waals surface area (Å²) in [5.74, 6) is 6.56. The molecule has 0 atom stereocenters. The molecule has 0 saturated heterocycles. The average Bonchev–Trinajstić information content (AvgIpc) is 3.23. The van der Waals surface area contributed by atoms with Crippen LogP contribution in [0.3, 0.4) is 0 Å². The maximum absolute atomic E-state index is 12.5. The zero-order valence-electron chi connectivity index (χ0n) is 21.7. The second kappa shape index (κ2) is 12.6. The van der Waals surface area contributed by atoms with Gasteiger partial charge in [-0.1, -0.05) is 36.0 Å². The summed E-state index contributed by atoms with van der Waals surface area (Å²) in [6.07, 6.45) is 3.58. The van der Waals surface area contributed by atoms with Gasteiger partial charge in [-0.15, -0.1) is 10.2 Å². The monoisotopic (exact) mass is 551 g/mol. The van der Waals surface area contributed by atoms with E-state index in [2.05, 4.69) is 20.8 Å². The first-order chi connectivity index (χ1) is 17.7. The van der Waals surface area contributed by atoms with Gasteiger partial charge in [0.1, 0.15) is 0 Å². The Hall–Kier alpha value is -3.89. The van der Waals surface area contributed by atoms with Crippen LogP contribution in [-0.4, -0.2) is 32.4 Å². The van der Waals surface area contributed by atoms with Crippen molar-refractivity contribution in [1.29, 1.82) is 0 Å². The van der Waals surface area contributed by atoms with Gasteiger partial charge in [0.25, 0.3) is 5.91 Å². The molecule has 2 aromatic heterocycles. The highest BCUT2D eigenvalue weighted by atomic mass is 35.5. The van der Waals surface area contributed by atoms with Crippen LogP contribution < -0.4 is 33.5 Å². The molecule has 0 aliphatic heterocycles. The molecule has 2 aromatic carbocycles. The van der Waals surface area contributed by atoms with Crippen molar-refractivity contribution in [2.45, 2.75) is 39.4 Å². The lowest BCUT2D eigenvalue weighted by Gasteiger charge is -2.09. The zero-order chi connectivity index (χ0) is 26.5. The Morgan fingerprint density at radius 2 is 1.42 bits per heavy atom. The molecule has 0 aliphatic carbocycles. The highest BCUT2D eigenvalue weighted by Gasteiger charge is 2.17. The second-order valence-corrected chi connectivity index (χ2v) is 9.90. The lowest BCUT2D eigenvalue weighted by atomic mass is 10.1. The van der Waals surface area contributed by atoms with E-state index in [0.717, 1.165) is 39.2 Å². The minimum atomic E-state index is -0.150. The van der Waals surface area contributed by atoms with Crippen LogP contribution in [0, 0.1) is 27.7 Å². The number of nitrogens with zero attached hydrogens (tertiary/aromatic N) is 4. The van der Waals surface area contributed by atoms with Crippen molar-refractivity contribution in [1.82, 2.24) is 14.9 Å². The zero-order valence-corrected chi connectivity index (χ0v) is 23.2. The largest absolute Gasteiger partial charge is 1.00 e. The van der Waals surface area contributed by atoms with Crippen molar-refractivity contribution in [3.05, 3.63) is 83.2 Å². The van der Waals surface area contributed by atoms with E-state index in [4.69, 9.17) is 5.84 Å². The van der Waals surface area contributed by atoms with Gasteiger partial charge in [-0.05, 0) is 62.1 Å². The maximum atomic E-state index is 12.5. The Balaban J connectivity index is 0.00000400. The van der Waals surface area contributed by atoms with Crippen molar-refractivity contribution in [2.75, 3.05) is 22.2 Å². The van der Waals surface area contributed by atoms with E-state index >= 15 is 0 Å². The molecule has 9 nitrogen and oxygen atoms in total. The number of aryl methyl sites for hydroxylation is 4. The molecule has 4 aromatic rings. The molecule has 0 radical (unpaired) electrons. The lowest BCUT2D eigenvalue weighted by molar-refractivity contribution is -0.684. The van der Waals surface area contributed by atoms with E-state index in [-0.39, 0.29) is 36.5 Å². The van der Waals surface area contributed by atoms with Crippen LogP contribution in [0.4, 0.5) is 11.4 Å². The first-order valence-electron chi connectivity index (χ1n) is 11.8. The molecule has 0 aliphatic rings. The Morgan fingerprint density at radius 1 is 0.868 bits per heavy atom. The van der Waals surface area contributed by atoms with Crippen LogP contribution >= 0.6 is 11.8 Å². The van der Waals surface area contributed by atoms with Gasteiger partial charge >= 0.3 is 0 Å². The average molecular weight is 552 g/mol. The number of aromatic nitrogens is 4. The summed E-state index contributed by atoms with van der Waals surface area (Å²) >= 11 is 1.21. The van der Waals surface area contributed by atoms with Gasteiger partial charge in [-0.25, -0.2) is 4.68 Å². The Bertz CT molecular complexity index is 1450. The SMILES string of the molecule is Cc1ccc(C)c(NC(=O)CSc2nnc(-c3cc[n+](CC(=O)Nc4cc(C)ccc4C)cc3)n2N)c1.[Cl-]. The summed E-state index contributed by atoms with van der Waals surface area (Å²) in [7, 11) is 0. The number of amides is 2. The van der Waals surface area contributed by atoms with Crippen molar-refractivity contribution in [2.24, 2.45) is 0 Å². The Morgan fingerprint density at radius 3 is 2.00 bits per heavy atom. The molecule has 11 heteroatoms. The van der Waals surface area contributed by atoms with Crippen molar-refractivity contribution in [3.8, 4) is 11.4 Å². The lowest BCUT2D eigenvalue weighted by Crippen LogP contribution is -3.00. The number of carbonyl (C=O) groups is 2. The first kappa shape index (κ1) is 28.7. The standard InChI is InChI=1S/C27H29N7O2S.ClH/c1-17-5-7-19(3)22(13-17)29-24(35)15-33-11-9-21(10-12-33)26-31-32-27(34(26)28)37-16-25(36)30-23-14-18(2)6-8-20(23)4;/h5-14H,15-16H2,1-4H3,(H3-,28,29,30,31,35,36);1H. The molecular weight excluding hydrogens is 522 g/mol. The molecule has 2 heterocycles. The fourth-order valence-electron chi connectivity index (χ4n) is 3.70. The molecule has 0 fully saturated rings. The summed E-state index contributed by atoms with van der Waals surface area (Å²) in [5.41, 5.74) is 6.52. The van der Waals surface area contributed by atoms with Crippen LogP contribution in [0.2, 0.25) is 0 Å². The predicted molar refractivity (Wildman–Crippen MR) is 146 cm³/mol. The van der Waals surface area contributed by atoms with Crippen LogP contribution in [0.5, 0.6) is 0 Å².